The SMILES string of the molecule is CCn1nc(C(=O)NCc2ccccc2)cc1N. The van der Waals surface area contributed by atoms with Crippen LogP contribution in [0.15, 0.2) is 36.4 Å². The van der Waals surface area contributed by atoms with E-state index >= 15 is 0 Å². The Morgan fingerprint density at radius 1 is 1.39 bits per heavy atom. The average molecular weight is 244 g/mol. The molecule has 5 heteroatoms. The van der Waals surface area contributed by atoms with Crippen LogP contribution in [-0.2, 0) is 13.1 Å². The van der Waals surface area contributed by atoms with Gasteiger partial charge in [0, 0.05) is 19.2 Å². The molecule has 1 aromatic heterocycles. The van der Waals surface area contributed by atoms with Crippen molar-refractivity contribution < 1.29 is 4.79 Å². The van der Waals surface area contributed by atoms with Crippen LogP contribution >= 0.6 is 0 Å². The monoisotopic (exact) mass is 244 g/mol. The van der Waals surface area contributed by atoms with E-state index in [1.54, 1.807) is 10.7 Å². The highest BCUT2D eigenvalue weighted by molar-refractivity contribution is 5.92. The molecule has 1 heterocycles. The second kappa shape index (κ2) is 5.35. The third kappa shape index (κ3) is 2.68. The van der Waals surface area contributed by atoms with E-state index in [1.807, 2.05) is 37.3 Å². The van der Waals surface area contributed by atoms with Gasteiger partial charge in [0.05, 0.1) is 0 Å². The minimum atomic E-state index is -0.210. The van der Waals surface area contributed by atoms with Crippen LogP contribution in [0.25, 0.3) is 0 Å². The molecule has 0 aliphatic rings. The number of nitrogen functional groups attached to an aromatic ring is 1. The first-order chi connectivity index (χ1) is 8.70. The molecule has 94 valence electrons. The number of benzene rings is 1. The molecule has 18 heavy (non-hydrogen) atoms. The zero-order valence-electron chi connectivity index (χ0n) is 10.3. The average Bonchev–Trinajstić information content (AvgIpc) is 2.78. The van der Waals surface area contributed by atoms with Crippen LogP contribution in [0.5, 0.6) is 0 Å². The lowest BCUT2D eigenvalue weighted by atomic mass is 10.2. The van der Waals surface area contributed by atoms with Crippen molar-refractivity contribution in [1.82, 2.24) is 15.1 Å². The van der Waals surface area contributed by atoms with Gasteiger partial charge in [0.2, 0.25) is 0 Å². The lowest BCUT2D eigenvalue weighted by Gasteiger charge is -2.02. The first-order valence-corrected chi connectivity index (χ1v) is 5.86. The quantitative estimate of drug-likeness (QED) is 0.854. The molecule has 0 fully saturated rings. The number of anilines is 1. The summed E-state index contributed by atoms with van der Waals surface area (Å²) in [4.78, 5) is 11.9. The maximum absolute atomic E-state index is 11.9. The van der Waals surface area contributed by atoms with Crippen molar-refractivity contribution in [2.24, 2.45) is 0 Å². The summed E-state index contributed by atoms with van der Waals surface area (Å²) in [5.41, 5.74) is 7.12. The van der Waals surface area contributed by atoms with Crippen molar-refractivity contribution in [3.05, 3.63) is 47.7 Å². The zero-order valence-corrected chi connectivity index (χ0v) is 10.3. The number of nitrogens with one attached hydrogen (secondary N) is 1. The Kier molecular flexibility index (Phi) is 3.62. The van der Waals surface area contributed by atoms with E-state index in [1.165, 1.54) is 0 Å². The molecule has 1 aromatic carbocycles. The lowest BCUT2D eigenvalue weighted by molar-refractivity contribution is 0.0945. The number of hydrogen-bond donors (Lipinski definition) is 2. The Morgan fingerprint density at radius 3 is 2.72 bits per heavy atom. The molecular weight excluding hydrogens is 228 g/mol. The van der Waals surface area contributed by atoms with Crippen molar-refractivity contribution in [3.8, 4) is 0 Å². The van der Waals surface area contributed by atoms with Gasteiger partial charge in [-0.15, -0.1) is 0 Å². The summed E-state index contributed by atoms with van der Waals surface area (Å²) >= 11 is 0. The van der Waals surface area contributed by atoms with Crippen molar-refractivity contribution in [2.45, 2.75) is 20.0 Å². The van der Waals surface area contributed by atoms with E-state index in [0.717, 1.165) is 5.56 Å². The highest BCUT2D eigenvalue weighted by atomic mass is 16.1. The van der Waals surface area contributed by atoms with Gasteiger partial charge in [-0.3, -0.25) is 4.79 Å². The minimum Gasteiger partial charge on any atom is -0.384 e. The molecular formula is C13H16N4O. The third-order valence-corrected chi connectivity index (χ3v) is 2.64. The Hall–Kier alpha value is -2.30. The van der Waals surface area contributed by atoms with Gasteiger partial charge in [-0.1, -0.05) is 30.3 Å². The Balaban J connectivity index is 1.99. The van der Waals surface area contributed by atoms with Crippen LogP contribution < -0.4 is 11.1 Å². The van der Waals surface area contributed by atoms with Crippen LogP contribution in [0.1, 0.15) is 23.0 Å². The van der Waals surface area contributed by atoms with E-state index in [-0.39, 0.29) is 5.91 Å². The largest absolute Gasteiger partial charge is 0.384 e. The van der Waals surface area contributed by atoms with E-state index in [0.29, 0.717) is 24.6 Å². The number of nitrogens with zero attached hydrogens (tertiary/aromatic N) is 2. The van der Waals surface area contributed by atoms with Gasteiger partial charge < -0.3 is 11.1 Å². The van der Waals surface area contributed by atoms with Gasteiger partial charge in [-0.2, -0.15) is 5.10 Å². The van der Waals surface area contributed by atoms with Gasteiger partial charge in [-0.25, -0.2) is 4.68 Å². The summed E-state index contributed by atoms with van der Waals surface area (Å²) in [6.07, 6.45) is 0. The molecule has 0 atom stereocenters. The molecule has 0 bridgehead atoms. The van der Waals surface area contributed by atoms with Gasteiger partial charge in [0.1, 0.15) is 5.82 Å². The predicted octanol–water partition coefficient (Wildman–Crippen LogP) is 1.42. The highest BCUT2D eigenvalue weighted by Gasteiger charge is 2.11. The number of nitrogens with two attached hydrogens (primary N) is 1. The second-order valence-corrected chi connectivity index (χ2v) is 3.94. The Labute approximate surface area is 106 Å². The maximum Gasteiger partial charge on any atom is 0.272 e. The molecule has 2 rings (SSSR count). The molecule has 0 spiro atoms. The van der Waals surface area contributed by atoms with E-state index in [4.69, 9.17) is 5.73 Å². The number of aryl methyl sites for hydroxylation is 1. The van der Waals surface area contributed by atoms with Crippen LogP contribution in [0.4, 0.5) is 5.82 Å². The first-order valence-electron chi connectivity index (χ1n) is 5.86. The smallest absolute Gasteiger partial charge is 0.272 e. The summed E-state index contributed by atoms with van der Waals surface area (Å²) in [5.74, 6) is 0.292. The van der Waals surface area contributed by atoms with Crippen molar-refractivity contribution in [3.63, 3.8) is 0 Å². The van der Waals surface area contributed by atoms with Crippen LogP contribution in [-0.4, -0.2) is 15.7 Å². The molecule has 1 amide bonds. The van der Waals surface area contributed by atoms with Gasteiger partial charge in [0.15, 0.2) is 5.69 Å². The Morgan fingerprint density at radius 2 is 2.11 bits per heavy atom. The van der Waals surface area contributed by atoms with Gasteiger partial charge in [0.25, 0.3) is 5.91 Å². The summed E-state index contributed by atoms with van der Waals surface area (Å²) in [6.45, 7) is 3.06. The van der Waals surface area contributed by atoms with Crippen LogP contribution in [0.2, 0.25) is 0 Å². The number of carbonyl (C=O) groups is 1. The minimum absolute atomic E-state index is 0.210. The maximum atomic E-state index is 11.9. The number of rotatable bonds is 4. The molecule has 0 radical (unpaired) electrons. The molecule has 0 aliphatic carbocycles. The van der Waals surface area contributed by atoms with Crippen molar-refractivity contribution in [2.75, 3.05) is 5.73 Å². The number of carbonyl (C=O) groups excluding carboxylic acids is 1. The summed E-state index contributed by atoms with van der Waals surface area (Å²) < 4.78 is 1.59. The fourth-order valence-corrected chi connectivity index (χ4v) is 1.66. The molecule has 5 nitrogen and oxygen atoms in total. The second-order valence-electron chi connectivity index (χ2n) is 3.94. The summed E-state index contributed by atoms with van der Waals surface area (Å²) in [6, 6.07) is 11.3. The molecule has 3 N–H and O–H groups in total. The summed E-state index contributed by atoms with van der Waals surface area (Å²) in [5, 5.41) is 6.93. The van der Waals surface area contributed by atoms with Crippen molar-refractivity contribution >= 4 is 11.7 Å². The Bertz CT molecular complexity index is 533. The summed E-state index contributed by atoms with van der Waals surface area (Å²) in [7, 11) is 0. The molecule has 0 saturated heterocycles. The fourth-order valence-electron chi connectivity index (χ4n) is 1.66. The third-order valence-electron chi connectivity index (χ3n) is 2.64. The predicted molar refractivity (Wildman–Crippen MR) is 69.9 cm³/mol. The zero-order chi connectivity index (χ0) is 13.0. The molecule has 0 saturated carbocycles. The standard InChI is InChI=1S/C13H16N4O/c1-2-17-12(14)8-11(16-17)13(18)15-9-10-6-4-3-5-7-10/h3-8H,2,9,14H2,1H3,(H,15,18). The normalized spacial score (nSPS) is 10.3. The number of aromatic nitrogens is 2. The number of hydrogen-bond acceptors (Lipinski definition) is 3. The molecule has 2 aromatic rings. The molecule has 0 unspecified atom stereocenters. The van der Waals surface area contributed by atoms with Crippen LogP contribution in [0.3, 0.4) is 0 Å². The van der Waals surface area contributed by atoms with Gasteiger partial charge in [-0.05, 0) is 12.5 Å². The fraction of sp³-hybridized carbons (Fsp3) is 0.231. The molecule has 0 aliphatic heterocycles. The topological polar surface area (TPSA) is 72.9 Å². The number of amides is 1. The van der Waals surface area contributed by atoms with E-state index < -0.39 is 0 Å². The van der Waals surface area contributed by atoms with Gasteiger partial charge >= 0.3 is 0 Å². The lowest BCUT2D eigenvalue weighted by Crippen LogP contribution is -2.23. The van der Waals surface area contributed by atoms with E-state index in [2.05, 4.69) is 10.4 Å². The van der Waals surface area contributed by atoms with Crippen LogP contribution in [0, 0.1) is 0 Å². The van der Waals surface area contributed by atoms with E-state index in [9.17, 15) is 4.79 Å². The van der Waals surface area contributed by atoms with Crippen molar-refractivity contribution in [1.29, 1.82) is 0 Å². The highest BCUT2D eigenvalue weighted by Crippen LogP contribution is 2.06. The first kappa shape index (κ1) is 12.2.